The molecule has 1 atom stereocenters. The standard InChI is InChI=1S/C11H15N.C11H14.C10H11Cl.C7H14.C3H8.2C2H6/c1-12-8-7-11(9-12)10-5-3-2-4-6-10;1-10(2)8-9-11-6-4-3-5-7-11;1-2-3-6-9-7-4-5-8-10(9)11;1-7-5-3-2-4-6-7;1-3-2;2*1-2/h2-6,11H,7-9H2,1H3;3-7H,1,8-9H2,2H3;3-8H,2H2,1H3;7H,2-6H2,1H3;3H2,1-2H3;2*1-2H3/b;;6-3+;;;;. The van der Waals surface area contributed by atoms with E-state index in [0.29, 0.717) is 0 Å². The Morgan fingerprint density at radius 2 is 1.31 bits per heavy atom. The summed E-state index contributed by atoms with van der Waals surface area (Å²) >= 11 is 5.91. The van der Waals surface area contributed by atoms with Gasteiger partial charge in [0.1, 0.15) is 0 Å². The van der Waals surface area contributed by atoms with Crippen molar-refractivity contribution in [1.82, 2.24) is 4.90 Å². The molecule has 0 amide bonds. The summed E-state index contributed by atoms with van der Waals surface area (Å²) in [6, 6.07) is 29.2. The molecular weight excluding hydrogens is 602 g/mol. The zero-order valence-electron chi connectivity index (χ0n) is 32.9. The van der Waals surface area contributed by atoms with E-state index in [1.165, 1.54) is 74.7 Å². The van der Waals surface area contributed by atoms with Crippen molar-refractivity contribution in [3.05, 3.63) is 125 Å². The molecule has 0 N–H and O–H groups in total. The van der Waals surface area contributed by atoms with Gasteiger partial charge in [-0.3, -0.25) is 0 Å². The van der Waals surface area contributed by atoms with Gasteiger partial charge >= 0.3 is 0 Å². The molecule has 48 heavy (non-hydrogen) atoms. The largest absolute Gasteiger partial charge is 0.306 e. The fourth-order valence-electron chi connectivity index (χ4n) is 5.10. The van der Waals surface area contributed by atoms with Crippen LogP contribution in [0.5, 0.6) is 0 Å². The molecule has 0 aromatic heterocycles. The number of allylic oxidation sites excluding steroid dienone is 2. The van der Waals surface area contributed by atoms with Crippen LogP contribution in [-0.4, -0.2) is 25.0 Å². The van der Waals surface area contributed by atoms with Crippen LogP contribution in [0, 0.1) is 5.92 Å². The first-order chi connectivity index (χ1) is 23.3. The summed E-state index contributed by atoms with van der Waals surface area (Å²) in [7, 11) is 2.20. The third kappa shape index (κ3) is 26.4. The summed E-state index contributed by atoms with van der Waals surface area (Å²) < 4.78 is 0. The number of likely N-dealkylation sites (tertiary alicyclic amines) is 1. The van der Waals surface area contributed by atoms with Crippen molar-refractivity contribution in [2.45, 2.75) is 132 Å². The van der Waals surface area contributed by atoms with E-state index in [0.717, 1.165) is 41.7 Å². The highest BCUT2D eigenvalue weighted by Gasteiger charge is 2.20. The lowest BCUT2D eigenvalue weighted by Crippen LogP contribution is -2.13. The van der Waals surface area contributed by atoms with Gasteiger partial charge in [-0.15, -0.1) is 6.58 Å². The summed E-state index contributed by atoms with van der Waals surface area (Å²) in [4.78, 5) is 2.40. The molecule has 3 aromatic rings. The van der Waals surface area contributed by atoms with Crippen LogP contribution in [0.15, 0.2) is 103 Å². The Bertz CT molecular complexity index is 1120. The first-order valence-electron chi connectivity index (χ1n) is 19.1. The highest BCUT2D eigenvalue weighted by molar-refractivity contribution is 6.32. The van der Waals surface area contributed by atoms with Gasteiger partial charge in [0.2, 0.25) is 0 Å². The van der Waals surface area contributed by atoms with Crippen molar-refractivity contribution >= 4 is 17.7 Å². The molecule has 2 fully saturated rings. The molecule has 1 saturated heterocycles. The average molecular weight is 677 g/mol. The molecule has 0 radical (unpaired) electrons. The SMILES string of the molecule is C=C(C)CCc1ccccc1.CC.CC.CC/C=C/c1ccccc1Cl.CC1CCCCC1.CCC.CN1CCC(c2ccccc2)C1. The Morgan fingerprint density at radius 1 is 0.792 bits per heavy atom. The van der Waals surface area contributed by atoms with E-state index >= 15 is 0 Å². The predicted octanol–water partition coefficient (Wildman–Crippen LogP) is 15.1. The van der Waals surface area contributed by atoms with E-state index in [1.54, 1.807) is 0 Å². The Balaban J connectivity index is 0. The third-order valence-corrected chi connectivity index (χ3v) is 8.02. The maximum atomic E-state index is 5.91. The molecule has 5 rings (SSSR count). The van der Waals surface area contributed by atoms with Gasteiger partial charge in [0.15, 0.2) is 0 Å². The quantitative estimate of drug-likeness (QED) is 0.235. The van der Waals surface area contributed by atoms with Crippen LogP contribution in [-0.2, 0) is 6.42 Å². The minimum absolute atomic E-state index is 0.774. The molecule has 2 heteroatoms. The van der Waals surface area contributed by atoms with E-state index in [4.69, 9.17) is 11.6 Å². The summed E-state index contributed by atoms with van der Waals surface area (Å²) in [5.74, 6) is 1.81. The number of hydrogen-bond donors (Lipinski definition) is 0. The summed E-state index contributed by atoms with van der Waals surface area (Å²) in [5, 5.41) is 0.817. The molecule has 1 saturated carbocycles. The maximum Gasteiger partial charge on any atom is 0.0478 e. The zero-order chi connectivity index (χ0) is 36.4. The average Bonchev–Trinajstić information content (AvgIpc) is 3.57. The van der Waals surface area contributed by atoms with Gasteiger partial charge in [-0.1, -0.05) is 202 Å². The van der Waals surface area contributed by atoms with Crippen molar-refractivity contribution in [2.75, 3.05) is 20.1 Å². The Hall–Kier alpha value is -2.61. The highest BCUT2D eigenvalue weighted by Crippen LogP contribution is 2.25. The molecule has 1 aliphatic heterocycles. The van der Waals surface area contributed by atoms with Crippen molar-refractivity contribution in [3.63, 3.8) is 0 Å². The van der Waals surface area contributed by atoms with Crippen molar-refractivity contribution in [3.8, 4) is 0 Å². The van der Waals surface area contributed by atoms with Crippen molar-refractivity contribution in [2.24, 2.45) is 5.92 Å². The number of likely N-dealkylation sites (N-methyl/N-ethyl adjacent to an activating group) is 1. The summed E-state index contributed by atoms with van der Waals surface area (Å²) in [6.07, 6.45) is 17.4. The summed E-state index contributed by atoms with van der Waals surface area (Å²) in [5.41, 5.74) is 5.25. The molecule has 0 spiro atoms. The molecule has 0 bridgehead atoms. The zero-order valence-corrected chi connectivity index (χ0v) is 33.7. The first kappa shape index (κ1) is 47.5. The second-order valence-electron chi connectivity index (χ2n) is 12.4. The van der Waals surface area contributed by atoms with Crippen molar-refractivity contribution in [1.29, 1.82) is 0 Å². The number of halogens is 1. The molecule has 1 unspecified atom stereocenters. The highest BCUT2D eigenvalue weighted by atomic mass is 35.5. The maximum absolute atomic E-state index is 5.91. The lowest BCUT2D eigenvalue weighted by molar-refractivity contribution is 0.385. The minimum Gasteiger partial charge on any atom is -0.306 e. The number of rotatable bonds is 6. The van der Waals surface area contributed by atoms with Gasteiger partial charge in [0, 0.05) is 11.6 Å². The van der Waals surface area contributed by atoms with E-state index in [9.17, 15) is 0 Å². The molecule has 3 aromatic carbocycles. The lowest BCUT2D eigenvalue weighted by Gasteiger charge is -2.15. The minimum atomic E-state index is 0.774. The molecule has 1 heterocycles. The van der Waals surface area contributed by atoms with E-state index in [1.807, 2.05) is 64.1 Å². The van der Waals surface area contributed by atoms with Crippen LogP contribution in [0.1, 0.15) is 143 Å². The van der Waals surface area contributed by atoms with Gasteiger partial charge in [0.05, 0.1) is 0 Å². The molecule has 1 nitrogen and oxygen atoms in total. The monoisotopic (exact) mass is 676 g/mol. The van der Waals surface area contributed by atoms with Crippen LogP contribution < -0.4 is 0 Å². The van der Waals surface area contributed by atoms with Gasteiger partial charge in [-0.2, -0.15) is 0 Å². The number of hydrogen-bond acceptors (Lipinski definition) is 1. The Labute approximate surface area is 304 Å². The topological polar surface area (TPSA) is 3.24 Å². The molecular formula is C46H74ClN. The van der Waals surface area contributed by atoms with Crippen LogP contribution in [0.4, 0.5) is 0 Å². The van der Waals surface area contributed by atoms with E-state index in [2.05, 4.69) is 114 Å². The number of nitrogens with zero attached hydrogens (tertiary/aromatic N) is 1. The van der Waals surface area contributed by atoms with Crippen LogP contribution in [0.25, 0.3) is 6.08 Å². The van der Waals surface area contributed by atoms with E-state index in [-0.39, 0.29) is 0 Å². The van der Waals surface area contributed by atoms with Gasteiger partial charge < -0.3 is 4.90 Å². The number of aryl methyl sites for hydroxylation is 1. The molecule has 270 valence electrons. The second kappa shape index (κ2) is 34.3. The third-order valence-electron chi connectivity index (χ3n) is 7.68. The van der Waals surface area contributed by atoms with Crippen LogP contribution in [0.3, 0.4) is 0 Å². The van der Waals surface area contributed by atoms with Gasteiger partial charge in [-0.05, 0) is 80.8 Å². The molecule has 1 aliphatic carbocycles. The van der Waals surface area contributed by atoms with Crippen molar-refractivity contribution < 1.29 is 0 Å². The van der Waals surface area contributed by atoms with E-state index < -0.39 is 0 Å². The smallest absolute Gasteiger partial charge is 0.0478 e. The Kier molecular flexibility index (Phi) is 33.9. The van der Waals surface area contributed by atoms with Crippen LogP contribution in [0.2, 0.25) is 5.02 Å². The first-order valence-corrected chi connectivity index (χ1v) is 19.5. The van der Waals surface area contributed by atoms with Gasteiger partial charge in [0.25, 0.3) is 0 Å². The van der Waals surface area contributed by atoms with Crippen LogP contribution >= 0.6 is 11.6 Å². The fourth-order valence-corrected chi connectivity index (χ4v) is 5.30. The second-order valence-corrected chi connectivity index (χ2v) is 12.8. The molecule has 2 aliphatic rings. The van der Waals surface area contributed by atoms with Gasteiger partial charge in [-0.25, -0.2) is 0 Å². The normalized spacial score (nSPS) is 15.1. The fraction of sp³-hybridized carbons (Fsp3) is 0.522. The summed E-state index contributed by atoms with van der Waals surface area (Å²) in [6.45, 7) is 25.1. The number of benzene rings is 3. The Morgan fingerprint density at radius 3 is 1.75 bits per heavy atom. The lowest BCUT2D eigenvalue weighted by atomic mass is 9.91. The predicted molar refractivity (Wildman–Crippen MR) is 223 cm³/mol.